The number of likely N-dealkylation sites (tertiary alicyclic amines) is 1. The number of anilines is 1. The summed E-state index contributed by atoms with van der Waals surface area (Å²) in [5, 5.41) is 0. The van der Waals surface area contributed by atoms with Crippen molar-refractivity contribution >= 4 is 34.4 Å². The predicted molar refractivity (Wildman–Crippen MR) is 91.6 cm³/mol. The molecule has 21 heavy (non-hydrogen) atoms. The molecule has 114 valence electrons. The van der Waals surface area contributed by atoms with E-state index in [-0.39, 0.29) is 12.1 Å². The first-order chi connectivity index (χ1) is 9.83. The second-order valence-electron chi connectivity index (χ2n) is 6.80. The summed E-state index contributed by atoms with van der Waals surface area (Å²) >= 11 is 2.32. The molecule has 0 aromatic heterocycles. The van der Waals surface area contributed by atoms with Gasteiger partial charge < -0.3 is 14.5 Å². The van der Waals surface area contributed by atoms with E-state index >= 15 is 0 Å². The van der Waals surface area contributed by atoms with Gasteiger partial charge in [-0.1, -0.05) is 0 Å². The van der Waals surface area contributed by atoms with E-state index in [1.54, 1.807) is 0 Å². The summed E-state index contributed by atoms with van der Waals surface area (Å²) < 4.78 is 6.74. The Bertz CT molecular complexity index is 538. The third kappa shape index (κ3) is 3.12. The van der Waals surface area contributed by atoms with Crippen molar-refractivity contribution in [2.24, 2.45) is 0 Å². The van der Waals surface area contributed by atoms with E-state index in [4.69, 9.17) is 4.74 Å². The Labute approximate surface area is 139 Å². The molecule has 2 fully saturated rings. The standard InChI is InChI=1S/C16H21IN2O2/c1-16(2,3)21-15(20)19-10-13-8-14(19)9-18(13)12-6-4-11(17)5-7-12/h4-7,13-14H,8-10H2,1-3H3. The SMILES string of the molecule is CC(C)(C)OC(=O)N1CC2CC1CN2c1ccc(I)cc1. The maximum absolute atomic E-state index is 12.2. The second kappa shape index (κ2) is 5.34. The number of hydrogen-bond donors (Lipinski definition) is 0. The summed E-state index contributed by atoms with van der Waals surface area (Å²) in [5.41, 5.74) is 0.834. The summed E-state index contributed by atoms with van der Waals surface area (Å²) in [6.07, 6.45) is 0.878. The van der Waals surface area contributed by atoms with Crippen LogP contribution in [0.3, 0.4) is 0 Å². The molecule has 0 aliphatic carbocycles. The minimum Gasteiger partial charge on any atom is -0.444 e. The molecule has 0 N–H and O–H groups in total. The van der Waals surface area contributed by atoms with E-state index in [9.17, 15) is 4.79 Å². The Morgan fingerprint density at radius 1 is 1.19 bits per heavy atom. The molecule has 2 unspecified atom stereocenters. The molecule has 1 aromatic rings. The van der Waals surface area contributed by atoms with E-state index < -0.39 is 5.60 Å². The molecular formula is C16H21IN2O2. The van der Waals surface area contributed by atoms with E-state index in [0.29, 0.717) is 6.04 Å². The number of ether oxygens (including phenoxy) is 1. The first kappa shape index (κ1) is 14.9. The number of benzene rings is 1. The van der Waals surface area contributed by atoms with Gasteiger partial charge >= 0.3 is 6.09 Å². The van der Waals surface area contributed by atoms with Gasteiger partial charge in [0, 0.05) is 28.4 Å². The Balaban J connectivity index is 1.66. The minimum absolute atomic E-state index is 0.169. The quantitative estimate of drug-likeness (QED) is 0.677. The highest BCUT2D eigenvalue weighted by Gasteiger charge is 2.46. The zero-order valence-electron chi connectivity index (χ0n) is 12.7. The first-order valence-corrected chi connectivity index (χ1v) is 8.43. The van der Waals surface area contributed by atoms with Crippen molar-refractivity contribution in [1.29, 1.82) is 0 Å². The fourth-order valence-electron chi connectivity index (χ4n) is 3.16. The fraction of sp³-hybridized carbons (Fsp3) is 0.562. The van der Waals surface area contributed by atoms with Crippen LogP contribution in [0, 0.1) is 3.57 Å². The van der Waals surface area contributed by atoms with Gasteiger partial charge in [-0.3, -0.25) is 0 Å². The van der Waals surface area contributed by atoms with Gasteiger partial charge in [0.2, 0.25) is 0 Å². The molecule has 5 heteroatoms. The maximum Gasteiger partial charge on any atom is 0.410 e. The molecule has 1 aromatic carbocycles. The van der Waals surface area contributed by atoms with Gasteiger partial charge in [-0.05, 0) is 74.0 Å². The van der Waals surface area contributed by atoms with E-state index in [0.717, 1.165) is 19.5 Å². The summed E-state index contributed by atoms with van der Waals surface area (Å²) in [6.45, 7) is 7.42. The van der Waals surface area contributed by atoms with Gasteiger partial charge in [-0.2, -0.15) is 0 Å². The summed E-state index contributed by atoms with van der Waals surface area (Å²) in [7, 11) is 0. The zero-order chi connectivity index (χ0) is 15.2. The van der Waals surface area contributed by atoms with Crippen molar-refractivity contribution in [2.45, 2.75) is 44.9 Å². The lowest BCUT2D eigenvalue weighted by Crippen LogP contribution is -2.50. The van der Waals surface area contributed by atoms with Gasteiger partial charge in [0.1, 0.15) is 5.60 Å². The van der Waals surface area contributed by atoms with E-state index in [1.165, 1.54) is 9.26 Å². The number of fused-ring (bicyclic) bond motifs is 2. The minimum atomic E-state index is -0.422. The van der Waals surface area contributed by atoms with Crippen molar-refractivity contribution in [3.63, 3.8) is 0 Å². The van der Waals surface area contributed by atoms with Crippen molar-refractivity contribution in [1.82, 2.24) is 4.90 Å². The number of nitrogens with zero attached hydrogens (tertiary/aromatic N) is 2. The Hall–Kier alpha value is -0.980. The molecule has 4 nitrogen and oxygen atoms in total. The number of carbonyl (C=O) groups excluding carboxylic acids is 1. The Morgan fingerprint density at radius 3 is 2.38 bits per heavy atom. The molecule has 2 saturated heterocycles. The molecule has 2 heterocycles. The van der Waals surface area contributed by atoms with Crippen LogP contribution in [0.25, 0.3) is 0 Å². The van der Waals surface area contributed by atoms with Crippen molar-refractivity contribution in [2.75, 3.05) is 18.0 Å². The molecule has 0 spiro atoms. The number of rotatable bonds is 1. The van der Waals surface area contributed by atoms with Crippen LogP contribution in [-0.4, -0.2) is 41.8 Å². The van der Waals surface area contributed by atoms with Crippen LogP contribution in [0.4, 0.5) is 10.5 Å². The van der Waals surface area contributed by atoms with Gasteiger partial charge in [-0.25, -0.2) is 4.79 Å². The van der Waals surface area contributed by atoms with Crippen LogP contribution in [0.2, 0.25) is 0 Å². The first-order valence-electron chi connectivity index (χ1n) is 7.35. The molecule has 2 aliphatic rings. The molecule has 2 aliphatic heterocycles. The number of halogens is 1. The average Bonchev–Trinajstić information content (AvgIpc) is 2.97. The number of hydrogen-bond acceptors (Lipinski definition) is 3. The lowest BCUT2D eigenvalue weighted by molar-refractivity contribution is 0.0215. The smallest absolute Gasteiger partial charge is 0.410 e. The summed E-state index contributed by atoms with van der Waals surface area (Å²) in [5.74, 6) is 0. The number of amides is 1. The Kier molecular flexibility index (Phi) is 3.80. The van der Waals surface area contributed by atoms with Crippen LogP contribution < -0.4 is 4.90 Å². The van der Waals surface area contributed by atoms with Gasteiger partial charge in [0.15, 0.2) is 0 Å². The Morgan fingerprint density at radius 2 is 1.86 bits per heavy atom. The van der Waals surface area contributed by atoms with Gasteiger partial charge in [0.25, 0.3) is 0 Å². The molecule has 1 amide bonds. The van der Waals surface area contributed by atoms with Crippen molar-refractivity contribution in [3.05, 3.63) is 27.8 Å². The summed E-state index contributed by atoms with van der Waals surface area (Å²) in [4.78, 5) is 16.5. The molecule has 0 saturated carbocycles. The maximum atomic E-state index is 12.2. The average molecular weight is 400 g/mol. The monoisotopic (exact) mass is 400 g/mol. The van der Waals surface area contributed by atoms with Crippen LogP contribution in [0.5, 0.6) is 0 Å². The van der Waals surface area contributed by atoms with E-state index in [2.05, 4.69) is 51.8 Å². The molecule has 0 radical (unpaired) electrons. The lowest BCUT2D eigenvalue weighted by Gasteiger charge is -2.36. The zero-order valence-corrected chi connectivity index (χ0v) is 14.8. The van der Waals surface area contributed by atoms with Crippen molar-refractivity contribution < 1.29 is 9.53 Å². The third-order valence-electron chi connectivity index (χ3n) is 4.03. The molecule has 2 atom stereocenters. The molecule has 2 bridgehead atoms. The van der Waals surface area contributed by atoms with Gasteiger partial charge in [-0.15, -0.1) is 0 Å². The summed E-state index contributed by atoms with van der Waals surface area (Å²) in [6, 6.07) is 9.30. The second-order valence-corrected chi connectivity index (χ2v) is 8.05. The number of piperazine rings is 1. The van der Waals surface area contributed by atoms with Crippen LogP contribution >= 0.6 is 22.6 Å². The van der Waals surface area contributed by atoms with E-state index in [1.807, 2.05) is 25.7 Å². The molecule has 3 rings (SSSR count). The molecular weight excluding hydrogens is 379 g/mol. The fourth-order valence-corrected chi connectivity index (χ4v) is 3.52. The van der Waals surface area contributed by atoms with Crippen LogP contribution in [0.15, 0.2) is 24.3 Å². The number of carbonyl (C=O) groups is 1. The lowest BCUT2D eigenvalue weighted by atomic mass is 10.2. The highest BCUT2D eigenvalue weighted by molar-refractivity contribution is 14.1. The normalized spacial score (nSPS) is 24.6. The van der Waals surface area contributed by atoms with Crippen LogP contribution in [0.1, 0.15) is 27.2 Å². The predicted octanol–water partition coefficient (Wildman–Crippen LogP) is 3.49. The van der Waals surface area contributed by atoms with Gasteiger partial charge in [0.05, 0.1) is 6.04 Å². The third-order valence-corrected chi connectivity index (χ3v) is 4.75. The topological polar surface area (TPSA) is 32.8 Å². The largest absolute Gasteiger partial charge is 0.444 e. The highest BCUT2D eigenvalue weighted by atomic mass is 127. The highest BCUT2D eigenvalue weighted by Crippen LogP contribution is 2.35. The van der Waals surface area contributed by atoms with Crippen molar-refractivity contribution in [3.8, 4) is 0 Å². The van der Waals surface area contributed by atoms with Crippen LogP contribution in [-0.2, 0) is 4.74 Å².